The molecule has 128 valence electrons. The number of ether oxygens (including phenoxy) is 1. The van der Waals surface area contributed by atoms with E-state index in [0.29, 0.717) is 11.3 Å². The Morgan fingerprint density at radius 3 is 1.77 bits per heavy atom. The van der Waals surface area contributed by atoms with E-state index in [1.54, 1.807) is 6.08 Å². The van der Waals surface area contributed by atoms with E-state index >= 15 is 0 Å². The molecule has 0 atom stereocenters. The molecule has 0 saturated carbocycles. The van der Waals surface area contributed by atoms with Crippen molar-refractivity contribution in [3.8, 4) is 0 Å². The van der Waals surface area contributed by atoms with Crippen LogP contribution in [-0.4, -0.2) is 5.97 Å². The van der Waals surface area contributed by atoms with Crippen LogP contribution in [-0.2, 0) is 9.53 Å². The molecule has 3 aromatic carbocycles. The summed E-state index contributed by atoms with van der Waals surface area (Å²) in [6.45, 7) is 1.84. The number of hydrogen-bond acceptors (Lipinski definition) is 2. The molecule has 0 saturated heterocycles. The predicted octanol–water partition coefficient (Wildman–Crippen LogP) is 5.83. The highest BCUT2D eigenvalue weighted by Gasteiger charge is 2.16. The van der Waals surface area contributed by atoms with Gasteiger partial charge in [0, 0.05) is 5.56 Å². The van der Waals surface area contributed by atoms with Crippen LogP contribution in [0.25, 0.3) is 17.4 Å². The average molecular weight is 340 g/mol. The molecule has 0 N–H and O–H groups in total. The van der Waals surface area contributed by atoms with Crippen molar-refractivity contribution in [1.82, 2.24) is 0 Å². The van der Waals surface area contributed by atoms with Gasteiger partial charge in [-0.05, 0) is 24.1 Å². The second-order valence-corrected chi connectivity index (χ2v) is 5.74. The third kappa shape index (κ3) is 4.37. The molecule has 0 fully saturated rings. The van der Waals surface area contributed by atoms with E-state index in [1.165, 1.54) is 0 Å². The lowest BCUT2D eigenvalue weighted by atomic mass is 10.1. The number of hydrogen-bond donors (Lipinski definition) is 0. The van der Waals surface area contributed by atoms with Crippen molar-refractivity contribution in [1.29, 1.82) is 0 Å². The zero-order valence-electron chi connectivity index (χ0n) is 14.6. The number of carbonyl (C=O) groups excluding carboxylic acids is 1. The summed E-state index contributed by atoms with van der Waals surface area (Å²) in [4.78, 5) is 12.8. The van der Waals surface area contributed by atoms with Crippen molar-refractivity contribution in [2.24, 2.45) is 0 Å². The van der Waals surface area contributed by atoms with Crippen LogP contribution in [0.5, 0.6) is 0 Å². The molecule has 3 aromatic rings. The number of allylic oxidation sites excluding steroid dienone is 1. The maximum atomic E-state index is 12.8. The van der Waals surface area contributed by atoms with Crippen LogP contribution in [0.3, 0.4) is 0 Å². The second kappa shape index (κ2) is 8.63. The van der Waals surface area contributed by atoms with Gasteiger partial charge in [0.25, 0.3) is 0 Å². The Labute approximate surface area is 154 Å². The lowest BCUT2D eigenvalue weighted by Gasteiger charge is -2.12. The standard InChI is InChI=1S/C24H20O2/c1-2-22(20-14-8-4-9-15-20)24(25)26-23(21-16-10-5-11-17-21)18-19-12-6-3-7-13-19/h2-18H,1H3. The quantitative estimate of drug-likeness (QED) is 0.253. The summed E-state index contributed by atoms with van der Waals surface area (Å²) in [5, 5.41) is 0. The van der Waals surface area contributed by atoms with Gasteiger partial charge in [-0.1, -0.05) is 97.1 Å². The third-order valence-electron chi connectivity index (χ3n) is 3.95. The first-order valence-corrected chi connectivity index (χ1v) is 8.54. The molecular formula is C24H20O2. The molecule has 0 amide bonds. The molecule has 0 heterocycles. The van der Waals surface area contributed by atoms with E-state index in [-0.39, 0.29) is 5.97 Å². The van der Waals surface area contributed by atoms with E-state index in [2.05, 4.69) is 0 Å². The summed E-state index contributed by atoms with van der Waals surface area (Å²) in [6, 6.07) is 29.0. The summed E-state index contributed by atoms with van der Waals surface area (Å²) >= 11 is 0. The minimum Gasteiger partial charge on any atom is -0.422 e. The van der Waals surface area contributed by atoms with Gasteiger partial charge < -0.3 is 4.74 Å². The highest BCUT2D eigenvalue weighted by Crippen LogP contribution is 2.24. The fourth-order valence-electron chi connectivity index (χ4n) is 2.65. The largest absolute Gasteiger partial charge is 0.422 e. The molecule has 0 aromatic heterocycles. The fourth-order valence-corrected chi connectivity index (χ4v) is 2.65. The van der Waals surface area contributed by atoms with E-state index < -0.39 is 0 Å². The van der Waals surface area contributed by atoms with Crippen LogP contribution < -0.4 is 0 Å². The molecule has 0 aliphatic heterocycles. The van der Waals surface area contributed by atoms with E-state index in [9.17, 15) is 4.79 Å². The predicted molar refractivity (Wildman–Crippen MR) is 107 cm³/mol. The van der Waals surface area contributed by atoms with Gasteiger partial charge in [0.2, 0.25) is 0 Å². The SMILES string of the molecule is CC=C(C(=O)OC(=Cc1ccccc1)c1ccccc1)c1ccccc1. The van der Waals surface area contributed by atoms with Crippen LogP contribution in [0.15, 0.2) is 97.1 Å². The van der Waals surface area contributed by atoms with Crippen LogP contribution in [0, 0.1) is 0 Å². The topological polar surface area (TPSA) is 26.3 Å². The van der Waals surface area contributed by atoms with Crippen molar-refractivity contribution < 1.29 is 9.53 Å². The molecular weight excluding hydrogens is 320 g/mol. The normalized spacial score (nSPS) is 11.9. The Morgan fingerprint density at radius 1 is 0.731 bits per heavy atom. The van der Waals surface area contributed by atoms with Gasteiger partial charge in [0.05, 0.1) is 5.57 Å². The number of benzene rings is 3. The van der Waals surface area contributed by atoms with Gasteiger partial charge in [-0.15, -0.1) is 0 Å². The van der Waals surface area contributed by atoms with Gasteiger partial charge in [-0.3, -0.25) is 0 Å². The third-order valence-corrected chi connectivity index (χ3v) is 3.95. The van der Waals surface area contributed by atoms with Crippen LogP contribution >= 0.6 is 0 Å². The van der Waals surface area contributed by atoms with Gasteiger partial charge >= 0.3 is 5.97 Å². The molecule has 2 heteroatoms. The minimum absolute atomic E-state index is 0.371. The van der Waals surface area contributed by atoms with Crippen LogP contribution in [0.1, 0.15) is 23.6 Å². The first kappa shape index (κ1) is 17.4. The summed E-state index contributed by atoms with van der Waals surface area (Å²) in [5.41, 5.74) is 3.21. The Bertz CT molecular complexity index is 908. The van der Waals surface area contributed by atoms with Gasteiger partial charge in [-0.25, -0.2) is 4.79 Å². The lowest BCUT2D eigenvalue weighted by Crippen LogP contribution is -2.07. The minimum atomic E-state index is -0.371. The maximum absolute atomic E-state index is 12.8. The summed E-state index contributed by atoms with van der Waals surface area (Å²) < 4.78 is 5.80. The van der Waals surface area contributed by atoms with Crippen LogP contribution in [0.2, 0.25) is 0 Å². The highest BCUT2D eigenvalue weighted by atomic mass is 16.5. The van der Waals surface area contributed by atoms with E-state index in [4.69, 9.17) is 4.74 Å². The van der Waals surface area contributed by atoms with Crippen molar-refractivity contribution in [3.05, 3.63) is 114 Å². The Morgan fingerprint density at radius 2 is 1.23 bits per heavy atom. The molecule has 26 heavy (non-hydrogen) atoms. The average Bonchev–Trinajstić information content (AvgIpc) is 2.70. The van der Waals surface area contributed by atoms with Gasteiger partial charge in [0.1, 0.15) is 5.76 Å². The van der Waals surface area contributed by atoms with Gasteiger partial charge in [-0.2, -0.15) is 0 Å². The van der Waals surface area contributed by atoms with E-state index in [1.807, 2.05) is 104 Å². The van der Waals surface area contributed by atoms with Crippen molar-refractivity contribution in [2.45, 2.75) is 6.92 Å². The molecule has 0 unspecified atom stereocenters. The smallest absolute Gasteiger partial charge is 0.343 e. The van der Waals surface area contributed by atoms with Crippen molar-refractivity contribution in [2.75, 3.05) is 0 Å². The number of carbonyl (C=O) groups is 1. The summed E-state index contributed by atoms with van der Waals surface area (Å²) in [6.07, 6.45) is 3.66. The van der Waals surface area contributed by atoms with E-state index in [0.717, 1.165) is 16.7 Å². The summed E-state index contributed by atoms with van der Waals surface area (Å²) in [7, 11) is 0. The Hall–Kier alpha value is -3.39. The zero-order valence-corrected chi connectivity index (χ0v) is 14.6. The van der Waals surface area contributed by atoms with Crippen LogP contribution in [0.4, 0.5) is 0 Å². The maximum Gasteiger partial charge on any atom is 0.343 e. The highest BCUT2D eigenvalue weighted by molar-refractivity contribution is 6.18. The molecule has 0 aliphatic carbocycles. The fraction of sp³-hybridized carbons (Fsp3) is 0.0417. The molecule has 0 aliphatic rings. The molecule has 0 spiro atoms. The van der Waals surface area contributed by atoms with Gasteiger partial charge in [0.15, 0.2) is 0 Å². The molecule has 3 rings (SSSR count). The Kier molecular flexibility index (Phi) is 5.79. The zero-order chi connectivity index (χ0) is 18.2. The number of esters is 1. The first-order valence-electron chi connectivity index (χ1n) is 8.54. The molecule has 0 radical (unpaired) electrons. The Balaban J connectivity index is 1.93. The van der Waals surface area contributed by atoms with Crippen molar-refractivity contribution >= 4 is 23.4 Å². The summed E-state index contributed by atoms with van der Waals surface area (Å²) in [5.74, 6) is 0.154. The first-order chi connectivity index (χ1) is 12.8. The molecule has 2 nitrogen and oxygen atoms in total. The number of rotatable bonds is 5. The second-order valence-electron chi connectivity index (χ2n) is 5.74. The monoisotopic (exact) mass is 340 g/mol. The lowest BCUT2D eigenvalue weighted by molar-refractivity contribution is -0.130. The van der Waals surface area contributed by atoms with Crippen molar-refractivity contribution in [3.63, 3.8) is 0 Å². The molecule has 0 bridgehead atoms.